The second kappa shape index (κ2) is 3.27. The van der Waals surface area contributed by atoms with Gasteiger partial charge in [0, 0.05) is 6.04 Å². The molecule has 0 aliphatic heterocycles. The number of nitrogens with one attached hydrogen (secondary N) is 1. The molecule has 0 amide bonds. The van der Waals surface area contributed by atoms with E-state index in [0.717, 1.165) is 23.8 Å². The van der Waals surface area contributed by atoms with Gasteiger partial charge in [-0.25, -0.2) is 0 Å². The summed E-state index contributed by atoms with van der Waals surface area (Å²) in [6, 6.07) is 0.921. The fourth-order valence-corrected chi connectivity index (χ4v) is 3.07. The molecule has 0 saturated heterocycles. The van der Waals surface area contributed by atoms with Crippen LogP contribution in [0, 0.1) is 17.8 Å². The molecule has 2 atom stereocenters. The first-order valence-electron chi connectivity index (χ1n) is 6.17. The summed E-state index contributed by atoms with van der Waals surface area (Å²) in [5.74, 6) is 3.34. The Morgan fingerprint density at radius 1 is 1.00 bits per heavy atom. The highest BCUT2D eigenvalue weighted by molar-refractivity contribution is 4.95. The van der Waals surface area contributed by atoms with Crippen LogP contribution in [0.25, 0.3) is 0 Å². The highest BCUT2D eigenvalue weighted by Crippen LogP contribution is 2.49. The predicted octanol–water partition coefficient (Wildman–Crippen LogP) is 2.56. The van der Waals surface area contributed by atoms with Crippen LogP contribution in [-0.2, 0) is 0 Å². The lowest BCUT2D eigenvalue weighted by Crippen LogP contribution is -2.20. The van der Waals surface area contributed by atoms with Crippen LogP contribution < -0.4 is 5.32 Å². The summed E-state index contributed by atoms with van der Waals surface area (Å²) in [6.07, 6.45) is 10.6. The topological polar surface area (TPSA) is 12.0 Å². The molecule has 1 nitrogen and oxygen atoms in total. The number of rotatable bonds is 4. The Hall–Kier alpha value is -0.0400. The molecule has 74 valence electrons. The molecule has 0 aromatic rings. The Bertz CT molecular complexity index is 180. The van der Waals surface area contributed by atoms with Gasteiger partial charge in [-0.1, -0.05) is 25.7 Å². The molecule has 0 aromatic heterocycles. The molecule has 1 heteroatoms. The van der Waals surface area contributed by atoms with Crippen LogP contribution in [0.15, 0.2) is 0 Å². The van der Waals surface area contributed by atoms with Gasteiger partial charge in [-0.3, -0.25) is 0 Å². The van der Waals surface area contributed by atoms with Gasteiger partial charge in [-0.15, -0.1) is 0 Å². The van der Waals surface area contributed by atoms with Crippen LogP contribution in [-0.4, -0.2) is 12.6 Å². The monoisotopic (exact) mass is 179 g/mol. The van der Waals surface area contributed by atoms with Crippen LogP contribution >= 0.6 is 0 Å². The minimum Gasteiger partial charge on any atom is -0.314 e. The minimum atomic E-state index is 0.921. The van der Waals surface area contributed by atoms with Crippen molar-refractivity contribution >= 4 is 0 Å². The fourth-order valence-electron chi connectivity index (χ4n) is 3.07. The van der Waals surface area contributed by atoms with Gasteiger partial charge < -0.3 is 5.32 Å². The van der Waals surface area contributed by atoms with Gasteiger partial charge in [-0.2, -0.15) is 0 Å². The summed E-state index contributed by atoms with van der Waals surface area (Å²) in [6.45, 7) is 1.34. The smallest absolute Gasteiger partial charge is 0.00683 e. The molecule has 13 heavy (non-hydrogen) atoms. The molecular formula is C12H21N. The summed E-state index contributed by atoms with van der Waals surface area (Å²) in [4.78, 5) is 0. The van der Waals surface area contributed by atoms with E-state index >= 15 is 0 Å². The molecule has 3 rings (SSSR count). The SMILES string of the molecule is C1CCC(C2CC2CNC2CC2)C1. The normalized spacial score (nSPS) is 39.7. The van der Waals surface area contributed by atoms with Crippen molar-refractivity contribution in [3.05, 3.63) is 0 Å². The van der Waals surface area contributed by atoms with Crippen molar-refractivity contribution < 1.29 is 0 Å². The van der Waals surface area contributed by atoms with Crippen LogP contribution in [0.4, 0.5) is 0 Å². The zero-order valence-electron chi connectivity index (χ0n) is 8.47. The van der Waals surface area contributed by atoms with E-state index < -0.39 is 0 Å². The lowest BCUT2D eigenvalue weighted by molar-refractivity contribution is 0.439. The van der Waals surface area contributed by atoms with E-state index in [2.05, 4.69) is 5.32 Å². The van der Waals surface area contributed by atoms with Crippen molar-refractivity contribution in [2.24, 2.45) is 17.8 Å². The fraction of sp³-hybridized carbons (Fsp3) is 1.00. The summed E-state index contributed by atoms with van der Waals surface area (Å²) >= 11 is 0. The lowest BCUT2D eigenvalue weighted by Gasteiger charge is -2.07. The van der Waals surface area contributed by atoms with Gasteiger partial charge in [0.1, 0.15) is 0 Å². The van der Waals surface area contributed by atoms with Gasteiger partial charge in [-0.05, 0) is 43.6 Å². The molecule has 0 aromatic carbocycles. The second-order valence-corrected chi connectivity index (χ2v) is 5.39. The van der Waals surface area contributed by atoms with Crippen molar-refractivity contribution in [1.29, 1.82) is 0 Å². The lowest BCUT2D eigenvalue weighted by atomic mass is 10.0. The average Bonchev–Trinajstić information content (AvgIpc) is 3.04. The van der Waals surface area contributed by atoms with E-state index in [4.69, 9.17) is 0 Å². The third kappa shape index (κ3) is 1.90. The van der Waals surface area contributed by atoms with Crippen LogP contribution in [0.3, 0.4) is 0 Å². The Balaban J connectivity index is 1.38. The van der Waals surface area contributed by atoms with E-state index in [-0.39, 0.29) is 0 Å². The van der Waals surface area contributed by atoms with E-state index in [1.807, 2.05) is 0 Å². The molecule has 3 aliphatic rings. The summed E-state index contributed by atoms with van der Waals surface area (Å²) in [7, 11) is 0. The van der Waals surface area contributed by atoms with Crippen molar-refractivity contribution in [3.63, 3.8) is 0 Å². The van der Waals surface area contributed by atoms with E-state index in [0.29, 0.717) is 0 Å². The molecule has 3 aliphatic carbocycles. The maximum atomic E-state index is 3.67. The van der Waals surface area contributed by atoms with E-state index in [9.17, 15) is 0 Å². The molecule has 1 N–H and O–H groups in total. The zero-order chi connectivity index (χ0) is 8.67. The first-order valence-corrected chi connectivity index (χ1v) is 6.17. The Morgan fingerprint density at radius 2 is 1.77 bits per heavy atom. The average molecular weight is 179 g/mol. The van der Waals surface area contributed by atoms with Crippen LogP contribution in [0.2, 0.25) is 0 Å². The van der Waals surface area contributed by atoms with Crippen LogP contribution in [0.1, 0.15) is 44.9 Å². The van der Waals surface area contributed by atoms with Crippen molar-refractivity contribution in [1.82, 2.24) is 5.32 Å². The van der Waals surface area contributed by atoms with Gasteiger partial charge in [0.2, 0.25) is 0 Å². The summed E-state index contributed by atoms with van der Waals surface area (Å²) in [5, 5.41) is 3.67. The maximum Gasteiger partial charge on any atom is 0.00683 e. The molecule has 0 bridgehead atoms. The molecule has 0 spiro atoms. The number of hydrogen-bond acceptors (Lipinski definition) is 1. The first kappa shape index (κ1) is 8.28. The predicted molar refractivity (Wildman–Crippen MR) is 54.6 cm³/mol. The highest BCUT2D eigenvalue weighted by Gasteiger charge is 2.43. The summed E-state index contributed by atoms with van der Waals surface area (Å²) in [5.41, 5.74) is 0. The minimum absolute atomic E-state index is 0.921. The third-order valence-electron chi connectivity index (χ3n) is 4.23. The quantitative estimate of drug-likeness (QED) is 0.699. The molecule has 3 saturated carbocycles. The summed E-state index contributed by atoms with van der Waals surface area (Å²) < 4.78 is 0. The molecule has 3 fully saturated rings. The van der Waals surface area contributed by atoms with Gasteiger partial charge in [0.25, 0.3) is 0 Å². The van der Waals surface area contributed by atoms with E-state index in [1.165, 1.54) is 32.2 Å². The van der Waals surface area contributed by atoms with E-state index in [1.54, 1.807) is 19.3 Å². The zero-order valence-corrected chi connectivity index (χ0v) is 8.47. The van der Waals surface area contributed by atoms with Gasteiger partial charge >= 0.3 is 0 Å². The van der Waals surface area contributed by atoms with Crippen LogP contribution in [0.5, 0.6) is 0 Å². The molecule has 2 unspecified atom stereocenters. The van der Waals surface area contributed by atoms with Crippen molar-refractivity contribution in [2.45, 2.75) is 51.0 Å². The first-order chi connectivity index (χ1) is 6.43. The second-order valence-electron chi connectivity index (χ2n) is 5.39. The van der Waals surface area contributed by atoms with Crippen molar-refractivity contribution in [3.8, 4) is 0 Å². The highest BCUT2D eigenvalue weighted by atomic mass is 15.0. The molecular weight excluding hydrogens is 158 g/mol. The number of hydrogen-bond donors (Lipinski definition) is 1. The van der Waals surface area contributed by atoms with Gasteiger partial charge in [0.05, 0.1) is 0 Å². The molecule has 0 heterocycles. The van der Waals surface area contributed by atoms with Crippen molar-refractivity contribution in [2.75, 3.05) is 6.54 Å². The van der Waals surface area contributed by atoms with Gasteiger partial charge in [0.15, 0.2) is 0 Å². The Kier molecular flexibility index (Phi) is 2.08. The largest absolute Gasteiger partial charge is 0.314 e. The maximum absolute atomic E-state index is 3.67. The Morgan fingerprint density at radius 3 is 2.46 bits per heavy atom. The Labute approximate surface area is 81.3 Å². The third-order valence-corrected chi connectivity index (χ3v) is 4.23. The standard InChI is InChI=1S/C12H21N/c1-2-4-9(3-1)12-7-10(12)8-13-11-5-6-11/h9-13H,1-8H2. The molecule has 0 radical (unpaired) electrons.